The van der Waals surface area contributed by atoms with Gasteiger partial charge in [0, 0.05) is 24.5 Å². The number of anilines is 1. The molecule has 2 aromatic heterocycles. The molecule has 0 saturated carbocycles. The van der Waals surface area contributed by atoms with Gasteiger partial charge < -0.3 is 10.1 Å². The zero-order valence-electron chi connectivity index (χ0n) is 15.7. The summed E-state index contributed by atoms with van der Waals surface area (Å²) in [7, 11) is 0. The van der Waals surface area contributed by atoms with E-state index in [0.29, 0.717) is 23.0 Å². The molecule has 0 radical (unpaired) electrons. The maximum absolute atomic E-state index is 12.3. The molecule has 0 aliphatic rings. The number of carbonyl (C=O) groups is 2. The van der Waals surface area contributed by atoms with E-state index in [0.717, 1.165) is 12.2 Å². The van der Waals surface area contributed by atoms with Crippen LogP contribution in [-0.4, -0.2) is 43.8 Å². The van der Waals surface area contributed by atoms with Crippen LogP contribution in [0.1, 0.15) is 30.0 Å². The molecule has 0 bridgehead atoms. The van der Waals surface area contributed by atoms with Gasteiger partial charge in [0.1, 0.15) is 0 Å². The lowest BCUT2D eigenvalue weighted by molar-refractivity contribution is -0.113. The molecule has 0 unspecified atom stereocenters. The highest BCUT2D eigenvalue weighted by molar-refractivity contribution is 7.99. The summed E-state index contributed by atoms with van der Waals surface area (Å²) in [6.07, 6.45) is 4.53. The average molecular weight is 399 g/mol. The minimum absolute atomic E-state index is 0.172. The van der Waals surface area contributed by atoms with Gasteiger partial charge in [-0.1, -0.05) is 18.7 Å². The minimum atomic E-state index is -0.382. The molecular weight excluding hydrogens is 378 g/mol. The van der Waals surface area contributed by atoms with Gasteiger partial charge in [-0.3, -0.25) is 9.47 Å². The second-order valence-electron chi connectivity index (χ2n) is 5.76. The first-order chi connectivity index (χ1) is 13.6. The molecule has 1 amide bonds. The van der Waals surface area contributed by atoms with Crippen molar-refractivity contribution in [3.63, 3.8) is 0 Å². The Balaban J connectivity index is 1.61. The number of benzene rings is 1. The molecule has 9 heteroatoms. The third-order valence-electron chi connectivity index (χ3n) is 3.82. The lowest BCUT2D eigenvalue weighted by atomic mass is 10.2. The first-order valence-corrected chi connectivity index (χ1v) is 9.88. The number of thioether (sulfide) groups is 1. The summed E-state index contributed by atoms with van der Waals surface area (Å²) in [6.45, 7) is 4.08. The SMILES string of the molecule is CCOC(=O)c1ccc(NC(=O)CSc2nnc(CC)n2-n2cccc2)cc1. The van der Waals surface area contributed by atoms with Crippen LogP contribution in [0.2, 0.25) is 0 Å². The highest BCUT2D eigenvalue weighted by Crippen LogP contribution is 2.19. The average Bonchev–Trinajstić information content (AvgIpc) is 3.36. The maximum Gasteiger partial charge on any atom is 0.338 e. The number of aromatic nitrogens is 4. The standard InChI is InChI=1S/C19H21N5O3S/c1-3-16-21-22-19(24(16)23-11-5-6-12-23)28-13-17(25)20-15-9-7-14(8-10-15)18(26)27-4-2/h5-12H,3-4,13H2,1-2H3,(H,20,25). The van der Waals surface area contributed by atoms with Gasteiger partial charge in [0.15, 0.2) is 5.82 Å². The third-order valence-corrected chi connectivity index (χ3v) is 4.74. The second-order valence-corrected chi connectivity index (χ2v) is 6.70. The molecule has 0 aliphatic carbocycles. The molecule has 146 valence electrons. The fraction of sp³-hybridized carbons (Fsp3) is 0.263. The van der Waals surface area contributed by atoms with E-state index in [1.807, 2.05) is 40.8 Å². The van der Waals surface area contributed by atoms with Crippen LogP contribution in [0.4, 0.5) is 5.69 Å². The van der Waals surface area contributed by atoms with E-state index in [4.69, 9.17) is 4.74 Å². The van der Waals surface area contributed by atoms with Gasteiger partial charge in [-0.25, -0.2) is 9.47 Å². The molecule has 0 aliphatic heterocycles. The summed E-state index contributed by atoms with van der Waals surface area (Å²) in [5.74, 6) is 0.442. The Morgan fingerprint density at radius 1 is 1.11 bits per heavy atom. The molecule has 3 rings (SSSR count). The van der Waals surface area contributed by atoms with Crippen molar-refractivity contribution in [1.29, 1.82) is 0 Å². The van der Waals surface area contributed by atoms with Crippen LogP contribution in [0, 0.1) is 0 Å². The van der Waals surface area contributed by atoms with Gasteiger partial charge in [0.25, 0.3) is 0 Å². The Labute approximate surface area is 166 Å². The number of hydrogen-bond acceptors (Lipinski definition) is 6. The number of amides is 1. The van der Waals surface area contributed by atoms with E-state index >= 15 is 0 Å². The zero-order chi connectivity index (χ0) is 19.9. The second kappa shape index (κ2) is 9.23. The minimum Gasteiger partial charge on any atom is -0.462 e. The summed E-state index contributed by atoms with van der Waals surface area (Å²) in [5, 5.41) is 11.8. The molecule has 0 atom stereocenters. The number of esters is 1. The van der Waals surface area contributed by atoms with Gasteiger partial charge >= 0.3 is 5.97 Å². The Morgan fingerprint density at radius 2 is 1.82 bits per heavy atom. The molecule has 0 spiro atoms. The van der Waals surface area contributed by atoms with E-state index in [1.54, 1.807) is 31.2 Å². The summed E-state index contributed by atoms with van der Waals surface area (Å²) in [5.41, 5.74) is 1.06. The van der Waals surface area contributed by atoms with Crippen LogP contribution in [0.3, 0.4) is 0 Å². The van der Waals surface area contributed by atoms with Crippen molar-refractivity contribution in [3.05, 3.63) is 60.2 Å². The van der Waals surface area contributed by atoms with Crippen LogP contribution < -0.4 is 5.32 Å². The zero-order valence-corrected chi connectivity index (χ0v) is 16.5. The summed E-state index contributed by atoms with van der Waals surface area (Å²) in [6, 6.07) is 10.4. The van der Waals surface area contributed by atoms with Crippen LogP contribution in [0.25, 0.3) is 0 Å². The Kier molecular flexibility index (Phi) is 6.49. The smallest absolute Gasteiger partial charge is 0.338 e. The molecule has 0 fully saturated rings. The maximum atomic E-state index is 12.3. The largest absolute Gasteiger partial charge is 0.462 e. The van der Waals surface area contributed by atoms with Crippen molar-refractivity contribution in [3.8, 4) is 0 Å². The molecule has 3 aromatic rings. The fourth-order valence-corrected chi connectivity index (χ4v) is 3.28. The van der Waals surface area contributed by atoms with Crippen molar-refractivity contribution in [1.82, 2.24) is 19.5 Å². The van der Waals surface area contributed by atoms with Gasteiger partial charge in [0.2, 0.25) is 11.1 Å². The Bertz CT molecular complexity index is 935. The van der Waals surface area contributed by atoms with Crippen molar-refractivity contribution in [2.75, 3.05) is 17.7 Å². The normalized spacial score (nSPS) is 10.6. The molecule has 0 saturated heterocycles. The lowest BCUT2D eigenvalue weighted by Gasteiger charge is -2.10. The number of nitrogens with one attached hydrogen (secondary N) is 1. The number of aryl methyl sites for hydroxylation is 1. The number of nitrogens with zero attached hydrogens (tertiary/aromatic N) is 4. The van der Waals surface area contributed by atoms with E-state index < -0.39 is 0 Å². The highest BCUT2D eigenvalue weighted by Gasteiger charge is 2.14. The van der Waals surface area contributed by atoms with Crippen LogP contribution in [0.15, 0.2) is 53.9 Å². The van der Waals surface area contributed by atoms with Crippen molar-refractivity contribution < 1.29 is 14.3 Å². The summed E-state index contributed by atoms with van der Waals surface area (Å²) in [4.78, 5) is 24.0. The van der Waals surface area contributed by atoms with E-state index in [-0.39, 0.29) is 17.6 Å². The quantitative estimate of drug-likeness (QED) is 0.463. The van der Waals surface area contributed by atoms with Crippen molar-refractivity contribution in [2.45, 2.75) is 25.4 Å². The van der Waals surface area contributed by atoms with Crippen LogP contribution >= 0.6 is 11.8 Å². The van der Waals surface area contributed by atoms with Crippen molar-refractivity contribution in [2.24, 2.45) is 0 Å². The monoisotopic (exact) mass is 399 g/mol. The molecule has 1 aromatic carbocycles. The molecule has 1 N–H and O–H groups in total. The fourth-order valence-electron chi connectivity index (χ4n) is 2.53. The van der Waals surface area contributed by atoms with Crippen LogP contribution in [0.5, 0.6) is 0 Å². The van der Waals surface area contributed by atoms with E-state index in [2.05, 4.69) is 15.5 Å². The number of rotatable bonds is 8. The Morgan fingerprint density at radius 3 is 2.46 bits per heavy atom. The third kappa shape index (κ3) is 4.61. The predicted octanol–water partition coefficient (Wildman–Crippen LogP) is 2.86. The van der Waals surface area contributed by atoms with Gasteiger partial charge in [-0.15, -0.1) is 10.2 Å². The van der Waals surface area contributed by atoms with E-state index in [9.17, 15) is 9.59 Å². The molecule has 8 nitrogen and oxygen atoms in total. The molecule has 28 heavy (non-hydrogen) atoms. The Hall–Kier alpha value is -3.07. The highest BCUT2D eigenvalue weighted by atomic mass is 32.2. The summed E-state index contributed by atoms with van der Waals surface area (Å²) >= 11 is 1.31. The van der Waals surface area contributed by atoms with E-state index in [1.165, 1.54) is 11.8 Å². The lowest BCUT2D eigenvalue weighted by Crippen LogP contribution is -2.16. The molecular formula is C19H21N5O3S. The van der Waals surface area contributed by atoms with Crippen LogP contribution in [-0.2, 0) is 16.0 Å². The number of carbonyl (C=O) groups excluding carboxylic acids is 2. The summed E-state index contributed by atoms with van der Waals surface area (Å²) < 4.78 is 8.71. The van der Waals surface area contributed by atoms with Gasteiger partial charge in [0.05, 0.1) is 17.9 Å². The number of hydrogen-bond donors (Lipinski definition) is 1. The number of ether oxygens (including phenoxy) is 1. The first-order valence-electron chi connectivity index (χ1n) is 8.90. The molecule has 2 heterocycles. The topological polar surface area (TPSA) is 91.0 Å². The first kappa shape index (κ1) is 19.7. The van der Waals surface area contributed by atoms with Gasteiger partial charge in [-0.2, -0.15) is 0 Å². The predicted molar refractivity (Wildman–Crippen MR) is 106 cm³/mol. The van der Waals surface area contributed by atoms with Gasteiger partial charge in [-0.05, 0) is 43.3 Å². The van der Waals surface area contributed by atoms with Crippen molar-refractivity contribution >= 4 is 29.3 Å².